The molecule has 0 aliphatic heterocycles. The van der Waals surface area contributed by atoms with Crippen LogP contribution in [0.1, 0.15) is 5.56 Å². The summed E-state index contributed by atoms with van der Waals surface area (Å²) in [5, 5.41) is 0.818. The molecular formula is C12H13N3OS. The minimum atomic E-state index is 0.236. The molecule has 0 bridgehead atoms. The quantitative estimate of drug-likeness (QED) is 0.664. The summed E-state index contributed by atoms with van der Waals surface area (Å²) in [5.41, 5.74) is 6.83. The number of nitrogen functional groups attached to an aromatic ring is 1. The number of benzene rings is 1. The standard InChI is InChI=1S/C12H13N3OS/c1-16-10-7-11(15-12(13)14-10)17-8-9-5-3-2-4-6-9/h2-7H,8H2,1H3,(H2,13,14,15). The van der Waals surface area contributed by atoms with Gasteiger partial charge in [-0.3, -0.25) is 0 Å². The average Bonchev–Trinajstić information content (AvgIpc) is 2.37. The average molecular weight is 247 g/mol. The molecule has 2 rings (SSSR count). The van der Waals surface area contributed by atoms with Crippen LogP contribution < -0.4 is 10.5 Å². The third kappa shape index (κ3) is 3.35. The van der Waals surface area contributed by atoms with E-state index in [0.717, 1.165) is 10.8 Å². The molecular weight excluding hydrogens is 234 g/mol. The van der Waals surface area contributed by atoms with Gasteiger partial charge in [-0.1, -0.05) is 30.3 Å². The Morgan fingerprint density at radius 2 is 2.00 bits per heavy atom. The molecule has 0 spiro atoms. The fourth-order valence-corrected chi connectivity index (χ4v) is 2.18. The summed E-state index contributed by atoms with van der Waals surface area (Å²) in [4.78, 5) is 8.08. The van der Waals surface area contributed by atoms with Crippen LogP contribution in [0.4, 0.5) is 5.95 Å². The number of ether oxygens (including phenoxy) is 1. The molecule has 0 saturated carbocycles. The molecule has 0 aliphatic rings. The highest BCUT2D eigenvalue weighted by molar-refractivity contribution is 7.98. The molecule has 0 atom stereocenters. The molecule has 1 aromatic heterocycles. The first-order valence-corrected chi connectivity index (χ1v) is 6.12. The lowest BCUT2D eigenvalue weighted by Gasteiger charge is -2.04. The first-order valence-electron chi connectivity index (χ1n) is 5.13. The van der Waals surface area contributed by atoms with Crippen LogP contribution in [-0.2, 0) is 5.75 Å². The van der Waals surface area contributed by atoms with E-state index in [4.69, 9.17) is 10.5 Å². The summed E-state index contributed by atoms with van der Waals surface area (Å²) >= 11 is 1.61. The molecule has 0 radical (unpaired) electrons. The molecule has 4 nitrogen and oxygen atoms in total. The predicted octanol–water partition coefficient (Wildman–Crippen LogP) is 2.36. The predicted molar refractivity (Wildman–Crippen MR) is 69.0 cm³/mol. The minimum absolute atomic E-state index is 0.236. The lowest BCUT2D eigenvalue weighted by atomic mass is 10.2. The number of hydrogen-bond donors (Lipinski definition) is 1. The third-order valence-electron chi connectivity index (χ3n) is 2.14. The second-order valence-electron chi connectivity index (χ2n) is 3.38. The second kappa shape index (κ2) is 5.54. The number of thioether (sulfide) groups is 1. The zero-order chi connectivity index (χ0) is 12.1. The molecule has 1 heterocycles. The molecule has 0 unspecified atom stereocenters. The van der Waals surface area contributed by atoms with Crippen LogP contribution in [0.25, 0.3) is 0 Å². The van der Waals surface area contributed by atoms with E-state index >= 15 is 0 Å². The minimum Gasteiger partial charge on any atom is -0.481 e. The van der Waals surface area contributed by atoms with E-state index in [9.17, 15) is 0 Å². The number of rotatable bonds is 4. The highest BCUT2D eigenvalue weighted by Crippen LogP contribution is 2.23. The molecule has 0 amide bonds. The van der Waals surface area contributed by atoms with Crippen molar-refractivity contribution in [1.29, 1.82) is 0 Å². The van der Waals surface area contributed by atoms with Crippen LogP contribution in [0.5, 0.6) is 5.88 Å². The Morgan fingerprint density at radius 3 is 2.71 bits per heavy atom. The molecule has 5 heteroatoms. The van der Waals surface area contributed by atoms with E-state index in [1.165, 1.54) is 5.56 Å². The maximum Gasteiger partial charge on any atom is 0.224 e. The van der Waals surface area contributed by atoms with Crippen LogP contribution in [-0.4, -0.2) is 17.1 Å². The fraction of sp³-hybridized carbons (Fsp3) is 0.167. The zero-order valence-corrected chi connectivity index (χ0v) is 10.3. The number of anilines is 1. The van der Waals surface area contributed by atoms with Crippen molar-refractivity contribution in [3.8, 4) is 5.88 Å². The fourth-order valence-electron chi connectivity index (χ4n) is 1.33. The van der Waals surface area contributed by atoms with E-state index in [1.807, 2.05) is 18.2 Å². The Hall–Kier alpha value is -1.75. The first-order chi connectivity index (χ1) is 8.28. The maximum absolute atomic E-state index is 5.59. The van der Waals surface area contributed by atoms with Crippen molar-refractivity contribution in [1.82, 2.24) is 9.97 Å². The van der Waals surface area contributed by atoms with Crippen molar-refractivity contribution >= 4 is 17.7 Å². The Balaban J connectivity index is 2.06. The van der Waals surface area contributed by atoms with Crippen molar-refractivity contribution in [3.05, 3.63) is 42.0 Å². The molecule has 0 fully saturated rings. The largest absolute Gasteiger partial charge is 0.481 e. The van der Waals surface area contributed by atoms with E-state index in [0.29, 0.717) is 5.88 Å². The van der Waals surface area contributed by atoms with E-state index in [2.05, 4.69) is 22.1 Å². The van der Waals surface area contributed by atoms with Gasteiger partial charge >= 0.3 is 0 Å². The highest BCUT2D eigenvalue weighted by Gasteiger charge is 2.03. The van der Waals surface area contributed by atoms with Gasteiger partial charge in [-0.25, -0.2) is 4.98 Å². The topological polar surface area (TPSA) is 61.0 Å². The van der Waals surface area contributed by atoms with Gasteiger partial charge < -0.3 is 10.5 Å². The molecule has 1 aromatic carbocycles. The van der Waals surface area contributed by atoms with E-state index in [1.54, 1.807) is 24.9 Å². The summed E-state index contributed by atoms with van der Waals surface area (Å²) in [6, 6.07) is 12.0. The molecule has 2 aromatic rings. The van der Waals surface area contributed by atoms with Crippen LogP contribution in [0.2, 0.25) is 0 Å². The molecule has 0 aliphatic carbocycles. The van der Waals surface area contributed by atoms with Crippen LogP contribution >= 0.6 is 11.8 Å². The van der Waals surface area contributed by atoms with Crippen molar-refractivity contribution in [2.75, 3.05) is 12.8 Å². The number of methoxy groups -OCH3 is 1. The monoisotopic (exact) mass is 247 g/mol. The number of hydrogen-bond acceptors (Lipinski definition) is 5. The highest BCUT2D eigenvalue weighted by atomic mass is 32.2. The molecule has 0 saturated heterocycles. The lowest BCUT2D eigenvalue weighted by molar-refractivity contribution is 0.396. The lowest BCUT2D eigenvalue weighted by Crippen LogP contribution is -1.98. The molecule has 2 N–H and O–H groups in total. The Morgan fingerprint density at radius 1 is 1.24 bits per heavy atom. The smallest absolute Gasteiger partial charge is 0.224 e. The van der Waals surface area contributed by atoms with E-state index in [-0.39, 0.29) is 5.95 Å². The summed E-state index contributed by atoms with van der Waals surface area (Å²) < 4.78 is 5.04. The zero-order valence-electron chi connectivity index (χ0n) is 9.46. The normalized spacial score (nSPS) is 10.2. The third-order valence-corrected chi connectivity index (χ3v) is 3.12. The summed E-state index contributed by atoms with van der Waals surface area (Å²) in [6.07, 6.45) is 0. The number of nitrogens with two attached hydrogens (primary N) is 1. The first kappa shape index (κ1) is 11.7. The summed E-state index contributed by atoms with van der Waals surface area (Å²) in [6.45, 7) is 0. The maximum atomic E-state index is 5.59. The van der Waals surface area contributed by atoms with Crippen LogP contribution in [0.15, 0.2) is 41.4 Å². The number of aromatic nitrogens is 2. The summed E-state index contributed by atoms with van der Waals surface area (Å²) in [5.74, 6) is 1.58. The van der Waals surface area contributed by atoms with Gasteiger partial charge in [0, 0.05) is 11.8 Å². The Labute approximate surface area is 104 Å². The van der Waals surface area contributed by atoms with Gasteiger partial charge in [0.25, 0.3) is 0 Å². The van der Waals surface area contributed by atoms with Crippen molar-refractivity contribution in [2.24, 2.45) is 0 Å². The molecule has 17 heavy (non-hydrogen) atoms. The molecule has 88 valence electrons. The van der Waals surface area contributed by atoms with Gasteiger partial charge in [0.2, 0.25) is 11.8 Å². The Kier molecular flexibility index (Phi) is 3.82. The van der Waals surface area contributed by atoms with E-state index < -0.39 is 0 Å². The van der Waals surface area contributed by atoms with Gasteiger partial charge in [0.15, 0.2) is 0 Å². The second-order valence-corrected chi connectivity index (χ2v) is 4.38. The Bertz CT molecular complexity index is 490. The number of nitrogens with zero attached hydrogens (tertiary/aromatic N) is 2. The van der Waals surface area contributed by atoms with Crippen molar-refractivity contribution in [2.45, 2.75) is 10.8 Å². The van der Waals surface area contributed by atoms with Gasteiger partial charge in [-0.05, 0) is 5.56 Å². The van der Waals surface area contributed by atoms with Crippen molar-refractivity contribution in [3.63, 3.8) is 0 Å². The van der Waals surface area contributed by atoms with Crippen molar-refractivity contribution < 1.29 is 4.74 Å². The van der Waals surface area contributed by atoms with Gasteiger partial charge in [0.05, 0.1) is 7.11 Å². The summed E-state index contributed by atoms with van der Waals surface area (Å²) in [7, 11) is 1.56. The van der Waals surface area contributed by atoms with Gasteiger partial charge in [-0.15, -0.1) is 11.8 Å². The van der Waals surface area contributed by atoms with Gasteiger partial charge in [-0.2, -0.15) is 4.98 Å². The van der Waals surface area contributed by atoms with Gasteiger partial charge in [0.1, 0.15) is 5.03 Å². The SMILES string of the molecule is COc1cc(SCc2ccccc2)nc(N)n1. The van der Waals surface area contributed by atoms with Crippen LogP contribution in [0, 0.1) is 0 Å². The van der Waals surface area contributed by atoms with Crippen LogP contribution in [0.3, 0.4) is 0 Å².